The number of benzene rings is 1. The summed E-state index contributed by atoms with van der Waals surface area (Å²) >= 11 is 0. The minimum atomic E-state index is 0.113. The van der Waals surface area contributed by atoms with Crippen molar-refractivity contribution in [2.45, 2.75) is 32.7 Å². The van der Waals surface area contributed by atoms with Crippen LogP contribution < -0.4 is 11.5 Å². The zero-order chi connectivity index (χ0) is 11.1. The van der Waals surface area contributed by atoms with Gasteiger partial charge >= 0.3 is 0 Å². The molecule has 0 spiro atoms. The van der Waals surface area contributed by atoms with Crippen LogP contribution in [0.25, 0.3) is 0 Å². The predicted molar refractivity (Wildman–Crippen MR) is 63.6 cm³/mol. The number of hydrogen-bond donors (Lipinski definition) is 2. The van der Waals surface area contributed by atoms with Crippen molar-refractivity contribution in [2.24, 2.45) is 16.9 Å². The molecular weight excluding hydrogens is 184 g/mol. The van der Waals surface area contributed by atoms with Gasteiger partial charge in [-0.05, 0) is 44.4 Å². The van der Waals surface area contributed by atoms with E-state index in [0.717, 1.165) is 0 Å². The topological polar surface area (TPSA) is 52.0 Å². The molecule has 2 rings (SSSR count). The molecule has 1 aliphatic rings. The Hall–Kier alpha value is -0.860. The second kappa shape index (κ2) is 3.62. The van der Waals surface area contributed by atoms with E-state index in [9.17, 15) is 0 Å². The first-order valence-electron chi connectivity index (χ1n) is 5.62. The average molecular weight is 204 g/mol. The van der Waals surface area contributed by atoms with Gasteiger partial charge in [-0.15, -0.1) is 0 Å². The molecule has 2 nitrogen and oxygen atoms in total. The van der Waals surface area contributed by atoms with Gasteiger partial charge in [-0.1, -0.05) is 23.8 Å². The van der Waals surface area contributed by atoms with Gasteiger partial charge < -0.3 is 11.5 Å². The average Bonchev–Trinajstić information content (AvgIpc) is 3.01. The van der Waals surface area contributed by atoms with Crippen molar-refractivity contribution in [3.8, 4) is 0 Å². The molecule has 1 fully saturated rings. The van der Waals surface area contributed by atoms with E-state index in [1.807, 2.05) is 0 Å². The van der Waals surface area contributed by atoms with Crippen LogP contribution in [0.1, 0.15) is 35.6 Å². The van der Waals surface area contributed by atoms with Crippen molar-refractivity contribution in [1.29, 1.82) is 0 Å². The highest BCUT2D eigenvalue weighted by Crippen LogP contribution is 2.53. The standard InChI is InChI=1S/C13H20N2/c1-9-3-4-10(2)11(7-9)12(15)13(8-14)5-6-13/h3-4,7,12H,5-6,8,14-15H2,1-2H3. The summed E-state index contributed by atoms with van der Waals surface area (Å²) < 4.78 is 0. The second-order valence-corrected chi connectivity index (χ2v) is 4.90. The second-order valence-electron chi connectivity index (χ2n) is 4.90. The Morgan fingerprint density at radius 2 is 2.00 bits per heavy atom. The molecule has 15 heavy (non-hydrogen) atoms. The molecule has 1 aromatic rings. The van der Waals surface area contributed by atoms with Crippen LogP contribution in [0, 0.1) is 19.3 Å². The minimum Gasteiger partial charge on any atom is -0.330 e. The van der Waals surface area contributed by atoms with Gasteiger partial charge in [0, 0.05) is 11.5 Å². The molecular formula is C13H20N2. The summed E-state index contributed by atoms with van der Waals surface area (Å²) in [5.74, 6) is 0. The molecule has 1 aromatic carbocycles. The zero-order valence-electron chi connectivity index (χ0n) is 9.59. The highest BCUT2D eigenvalue weighted by Gasteiger charge is 2.47. The van der Waals surface area contributed by atoms with Crippen molar-refractivity contribution in [2.75, 3.05) is 6.54 Å². The molecule has 4 N–H and O–H groups in total. The van der Waals surface area contributed by atoms with Gasteiger partial charge in [0.05, 0.1) is 0 Å². The van der Waals surface area contributed by atoms with E-state index in [4.69, 9.17) is 11.5 Å². The third kappa shape index (κ3) is 1.80. The van der Waals surface area contributed by atoms with Crippen LogP contribution in [0.2, 0.25) is 0 Å². The molecule has 0 aliphatic heterocycles. The number of rotatable bonds is 3. The fourth-order valence-corrected chi connectivity index (χ4v) is 2.23. The minimum absolute atomic E-state index is 0.113. The van der Waals surface area contributed by atoms with Gasteiger partial charge in [-0.25, -0.2) is 0 Å². The molecule has 0 aromatic heterocycles. The van der Waals surface area contributed by atoms with Gasteiger partial charge in [0.15, 0.2) is 0 Å². The first-order chi connectivity index (χ1) is 7.09. The Labute approximate surface area is 91.7 Å². The van der Waals surface area contributed by atoms with Crippen LogP contribution in [0.15, 0.2) is 18.2 Å². The number of aryl methyl sites for hydroxylation is 2. The molecule has 0 radical (unpaired) electrons. The smallest absolute Gasteiger partial charge is 0.0367 e. The van der Waals surface area contributed by atoms with Gasteiger partial charge in [0.1, 0.15) is 0 Å². The van der Waals surface area contributed by atoms with E-state index < -0.39 is 0 Å². The van der Waals surface area contributed by atoms with Crippen LogP contribution in [0.5, 0.6) is 0 Å². The zero-order valence-corrected chi connectivity index (χ0v) is 9.59. The van der Waals surface area contributed by atoms with Crippen LogP contribution in [-0.2, 0) is 0 Å². The Balaban J connectivity index is 2.32. The molecule has 1 saturated carbocycles. The number of nitrogens with two attached hydrogens (primary N) is 2. The highest BCUT2D eigenvalue weighted by molar-refractivity contribution is 5.35. The van der Waals surface area contributed by atoms with Crippen LogP contribution in [0.3, 0.4) is 0 Å². The largest absolute Gasteiger partial charge is 0.330 e. The molecule has 82 valence electrons. The molecule has 1 aliphatic carbocycles. The summed E-state index contributed by atoms with van der Waals surface area (Å²) in [6, 6.07) is 6.60. The lowest BCUT2D eigenvalue weighted by Gasteiger charge is -2.24. The van der Waals surface area contributed by atoms with E-state index >= 15 is 0 Å². The van der Waals surface area contributed by atoms with Crippen LogP contribution >= 0.6 is 0 Å². The van der Waals surface area contributed by atoms with Crippen molar-refractivity contribution in [1.82, 2.24) is 0 Å². The van der Waals surface area contributed by atoms with Crippen molar-refractivity contribution < 1.29 is 0 Å². The maximum Gasteiger partial charge on any atom is 0.0367 e. The summed E-state index contributed by atoms with van der Waals surface area (Å²) in [4.78, 5) is 0. The van der Waals surface area contributed by atoms with E-state index in [1.54, 1.807) is 0 Å². The molecule has 0 heterocycles. The molecule has 2 heteroatoms. The molecule has 1 unspecified atom stereocenters. The van der Waals surface area contributed by atoms with Crippen molar-refractivity contribution in [3.05, 3.63) is 34.9 Å². The molecule has 0 amide bonds. The lowest BCUT2D eigenvalue weighted by Crippen LogP contribution is -2.30. The first kappa shape index (κ1) is 10.7. The van der Waals surface area contributed by atoms with Gasteiger partial charge in [-0.3, -0.25) is 0 Å². The Morgan fingerprint density at radius 1 is 1.33 bits per heavy atom. The van der Waals surface area contributed by atoms with Crippen molar-refractivity contribution >= 4 is 0 Å². The third-order valence-electron chi connectivity index (χ3n) is 3.73. The Morgan fingerprint density at radius 3 is 2.53 bits per heavy atom. The third-order valence-corrected chi connectivity index (χ3v) is 3.73. The Kier molecular flexibility index (Phi) is 2.57. The molecule has 1 atom stereocenters. The maximum atomic E-state index is 6.34. The van der Waals surface area contributed by atoms with E-state index in [0.29, 0.717) is 6.54 Å². The van der Waals surface area contributed by atoms with Gasteiger partial charge in [0.2, 0.25) is 0 Å². The van der Waals surface area contributed by atoms with Gasteiger partial charge in [0.25, 0.3) is 0 Å². The molecule has 0 saturated heterocycles. The fraction of sp³-hybridized carbons (Fsp3) is 0.538. The lowest BCUT2D eigenvalue weighted by atomic mass is 9.87. The summed E-state index contributed by atoms with van der Waals surface area (Å²) in [5, 5.41) is 0. The predicted octanol–water partition coefficient (Wildman–Crippen LogP) is 2.04. The Bertz CT molecular complexity index is 367. The first-order valence-corrected chi connectivity index (χ1v) is 5.62. The van der Waals surface area contributed by atoms with Crippen molar-refractivity contribution in [3.63, 3.8) is 0 Å². The summed E-state index contributed by atoms with van der Waals surface area (Å²) in [6.45, 7) is 4.94. The van der Waals surface area contributed by atoms with E-state index in [1.165, 1.54) is 29.5 Å². The van der Waals surface area contributed by atoms with E-state index in [-0.39, 0.29) is 11.5 Å². The van der Waals surface area contributed by atoms with Crippen LogP contribution in [0.4, 0.5) is 0 Å². The fourth-order valence-electron chi connectivity index (χ4n) is 2.23. The lowest BCUT2D eigenvalue weighted by molar-refractivity contribution is 0.417. The summed E-state index contributed by atoms with van der Waals surface area (Å²) in [5.41, 5.74) is 16.2. The summed E-state index contributed by atoms with van der Waals surface area (Å²) in [7, 11) is 0. The summed E-state index contributed by atoms with van der Waals surface area (Å²) in [6.07, 6.45) is 2.36. The van der Waals surface area contributed by atoms with Gasteiger partial charge in [-0.2, -0.15) is 0 Å². The maximum absolute atomic E-state index is 6.34. The molecule has 0 bridgehead atoms. The monoisotopic (exact) mass is 204 g/mol. The van der Waals surface area contributed by atoms with E-state index in [2.05, 4.69) is 32.0 Å². The van der Waals surface area contributed by atoms with Crippen LogP contribution in [-0.4, -0.2) is 6.54 Å². The number of hydrogen-bond acceptors (Lipinski definition) is 2. The highest BCUT2D eigenvalue weighted by atomic mass is 14.8. The quantitative estimate of drug-likeness (QED) is 0.791. The SMILES string of the molecule is Cc1ccc(C)c(C(N)C2(CN)CC2)c1. The normalized spacial score (nSPS) is 20.0.